The lowest BCUT2D eigenvalue weighted by Gasteiger charge is -2.15. The summed E-state index contributed by atoms with van der Waals surface area (Å²) in [5, 5.41) is 0. The number of ether oxygens (including phenoxy) is 3. The Morgan fingerprint density at radius 3 is 1.96 bits per heavy atom. The summed E-state index contributed by atoms with van der Waals surface area (Å²) in [5.74, 6) is 0.864. The van der Waals surface area contributed by atoms with Gasteiger partial charge < -0.3 is 14.2 Å². The fraction of sp³-hybridized carbons (Fsp3) is 0.235. The van der Waals surface area contributed by atoms with Crippen LogP contribution in [-0.4, -0.2) is 35.5 Å². The van der Waals surface area contributed by atoms with Crippen molar-refractivity contribution < 1.29 is 27.4 Å². The molecule has 134 valence electrons. The van der Waals surface area contributed by atoms with E-state index in [0.717, 1.165) is 0 Å². The Morgan fingerprint density at radius 1 is 0.920 bits per heavy atom. The maximum absolute atomic E-state index is 12.6. The number of carbonyl (C=O) groups excluding carboxylic acids is 1. The Labute approximate surface area is 146 Å². The van der Waals surface area contributed by atoms with Crippen molar-refractivity contribution in [1.82, 2.24) is 0 Å². The van der Waals surface area contributed by atoms with Crippen LogP contribution in [0.1, 0.15) is 17.3 Å². The van der Waals surface area contributed by atoms with Gasteiger partial charge in [-0.3, -0.25) is 9.52 Å². The van der Waals surface area contributed by atoms with E-state index >= 15 is 0 Å². The predicted octanol–water partition coefficient (Wildman–Crippen LogP) is 2.72. The van der Waals surface area contributed by atoms with Crippen molar-refractivity contribution in [1.29, 1.82) is 0 Å². The first-order chi connectivity index (χ1) is 11.8. The zero-order valence-electron chi connectivity index (χ0n) is 14.3. The Hall–Kier alpha value is -2.74. The van der Waals surface area contributed by atoms with Crippen LogP contribution in [0.2, 0.25) is 0 Å². The summed E-state index contributed by atoms with van der Waals surface area (Å²) in [6, 6.07) is 8.75. The molecule has 0 aromatic heterocycles. The van der Waals surface area contributed by atoms with Crippen molar-refractivity contribution in [3.8, 4) is 17.2 Å². The molecule has 0 aliphatic heterocycles. The maximum Gasteiger partial charge on any atom is 0.261 e. The van der Waals surface area contributed by atoms with E-state index in [2.05, 4.69) is 4.72 Å². The average Bonchev–Trinajstić information content (AvgIpc) is 2.60. The molecule has 1 N–H and O–H groups in total. The van der Waals surface area contributed by atoms with E-state index in [0.29, 0.717) is 17.2 Å². The molecule has 0 spiro atoms. The third kappa shape index (κ3) is 4.03. The number of rotatable bonds is 7. The van der Waals surface area contributed by atoms with E-state index in [1.807, 2.05) is 0 Å². The van der Waals surface area contributed by atoms with Crippen LogP contribution in [-0.2, 0) is 10.0 Å². The molecular formula is C17H19NO6S. The van der Waals surface area contributed by atoms with Gasteiger partial charge in [0.1, 0.15) is 5.75 Å². The van der Waals surface area contributed by atoms with Crippen LogP contribution in [0.3, 0.4) is 0 Å². The van der Waals surface area contributed by atoms with Gasteiger partial charge in [0.15, 0.2) is 17.3 Å². The lowest BCUT2D eigenvalue weighted by molar-refractivity contribution is 0.101. The lowest BCUT2D eigenvalue weighted by atomic mass is 10.1. The molecule has 8 heteroatoms. The SMILES string of the molecule is COc1ccc(S(=O)(=O)Nc2cc(OC)c(OC)cc2C(C)=O)cc1. The minimum Gasteiger partial charge on any atom is -0.497 e. The van der Waals surface area contributed by atoms with Crippen LogP contribution in [0.4, 0.5) is 5.69 Å². The molecule has 2 aromatic carbocycles. The Balaban J connectivity index is 2.48. The monoisotopic (exact) mass is 365 g/mol. The first-order valence-electron chi connectivity index (χ1n) is 7.26. The minimum absolute atomic E-state index is 0.0394. The van der Waals surface area contributed by atoms with Crippen molar-refractivity contribution in [3.05, 3.63) is 42.0 Å². The highest BCUT2D eigenvalue weighted by Crippen LogP contribution is 2.34. The number of ketones is 1. The largest absolute Gasteiger partial charge is 0.497 e. The number of carbonyl (C=O) groups is 1. The summed E-state index contributed by atoms with van der Waals surface area (Å²) in [6.45, 7) is 1.34. The fourth-order valence-corrected chi connectivity index (χ4v) is 3.28. The molecule has 0 saturated carbocycles. The highest BCUT2D eigenvalue weighted by molar-refractivity contribution is 7.92. The molecule has 0 atom stereocenters. The van der Waals surface area contributed by atoms with Gasteiger partial charge in [-0.05, 0) is 37.3 Å². The summed E-state index contributed by atoms with van der Waals surface area (Å²) in [7, 11) is 0.455. The van der Waals surface area contributed by atoms with Crippen LogP contribution in [0.25, 0.3) is 0 Å². The van der Waals surface area contributed by atoms with Gasteiger partial charge in [-0.25, -0.2) is 8.42 Å². The number of benzene rings is 2. The van der Waals surface area contributed by atoms with Crippen LogP contribution < -0.4 is 18.9 Å². The van der Waals surface area contributed by atoms with Crippen molar-refractivity contribution >= 4 is 21.5 Å². The van der Waals surface area contributed by atoms with E-state index in [-0.39, 0.29) is 21.9 Å². The van der Waals surface area contributed by atoms with E-state index in [1.165, 1.54) is 64.7 Å². The summed E-state index contributed by atoms with van der Waals surface area (Å²) in [6.07, 6.45) is 0. The number of hydrogen-bond donors (Lipinski definition) is 1. The van der Waals surface area contributed by atoms with E-state index in [1.54, 1.807) is 0 Å². The van der Waals surface area contributed by atoms with Crippen molar-refractivity contribution in [2.75, 3.05) is 26.1 Å². The van der Waals surface area contributed by atoms with Gasteiger partial charge in [-0.1, -0.05) is 0 Å². The predicted molar refractivity (Wildman–Crippen MR) is 93.4 cm³/mol. The van der Waals surface area contributed by atoms with Crippen LogP contribution in [0, 0.1) is 0 Å². The summed E-state index contributed by atoms with van der Waals surface area (Å²) in [4.78, 5) is 11.9. The van der Waals surface area contributed by atoms with Crippen LogP contribution in [0.5, 0.6) is 17.2 Å². The normalized spacial score (nSPS) is 10.9. The van der Waals surface area contributed by atoms with E-state index in [9.17, 15) is 13.2 Å². The van der Waals surface area contributed by atoms with Crippen molar-refractivity contribution in [2.24, 2.45) is 0 Å². The van der Waals surface area contributed by atoms with Crippen LogP contribution >= 0.6 is 0 Å². The van der Waals surface area contributed by atoms with Gasteiger partial charge in [0.25, 0.3) is 10.0 Å². The second-order valence-corrected chi connectivity index (χ2v) is 6.77. The number of methoxy groups -OCH3 is 3. The second-order valence-electron chi connectivity index (χ2n) is 5.09. The topological polar surface area (TPSA) is 90.9 Å². The van der Waals surface area contributed by atoms with Gasteiger partial charge in [-0.15, -0.1) is 0 Å². The highest BCUT2D eigenvalue weighted by Gasteiger charge is 2.20. The number of nitrogens with one attached hydrogen (secondary N) is 1. The number of anilines is 1. The molecule has 0 bridgehead atoms. The lowest BCUT2D eigenvalue weighted by Crippen LogP contribution is -2.15. The zero-order valence-corrected chi connectivity index (χ0v) is 15.1. The van der Waals surface area contributed by atoms with Gasteiger partial charge >= 0.3 is 0 Å². The van der Waals surface area contributed by atoms with Gasteiger partial charge in [-0.2, -0.15) is 0 Å². The number of hydrogen-bond acceptors (Lipinski definition) is 6. The molecule has 0 unspecified atom stereocenters. The average molecular weight is 365 g/mol. The smallest absolute Gasteiger partial charge is 0.261 e. The molecule has 0 radical (unpaired) electrons. The molecular weight excluding hydrogens is 346 g/mol. The van der Waals surface area contributed by atoms with Gasteiger partial charge in [0, 0.05) is 11.6 Å². The molecule has 0 amide bonds. The number of sulfonamides is 1. The fourth-order valence-electron chi connectivity index (χ4n) is 2.21. The minimum atomic E-state index is -3.89. The van der Waals surface area contributed by atoms with E-state index in [4.69, 9.17) is 14.2 Å². The van der Waals surface area contributed by atoms with Gasteiger partial charge in [0.05, 0.1) is 31.9 Å². The van der Waals surface area contributed by atoms with E-state index < -0.39 is 10.0 Å². The molecule has 0 saturated heterocycles. The summed E-state index contributed by atoms with van der Waals surface area (Å²) < 4.78 is 43.0. The number of Topliss-reactive ketones (excluding diaryl/α,β-unsaturated/α-hetero) is 1. The standard InChI is InChI=1S/C17H19NO6S/c1-11(19)14-9-16(23-3)17(24-4)10-15(14)18-25(20,21)13-7-5-12(22-2)6-8-13/h5-10,18H,1-4H3. The second kappa shape index (κ2) is 7.43. The molecule has 0 fully saturated rings. The maximum atomic E-state index is 12.6. The first-order valence-corrected chi connectivity index (χ1v) is 8.74. The van der Waals surface area contributed by atoms with Crippen LogP contribution in [0.15, 0.2) is 41.3 Å². The third-order valence-electron chi connectivity index (χ3n) is 3.52. The van der Waals surface area contributed by atoms with Gasteiger partial charge in [0.2, 0.25) is 0 Å². The van der Waals surface area contributed by atoms with Crippen molar-refractivity contribution in [2.45, 2.75) is 11.8 Å². The molecule has 7 nitrogen and oxygen atoms in total. The molecule has 0 aliphatic rings. The Kier molecular flexibility index (Phi) is 5.53. The summed E-state index contributed by atoms with van der Waals surface area (Å²) in [5.41, 5.74) is 0.288. The molecule has 2 rings (SSSR count). The highest BCUT2D eigenvalue weighted by atomic mass is 32.2. The quantitative estimate of drug-likeness (QED) is 0.759. The Bertz CT molecular complexity index is 875. The molecule has 0 heterocycles. The zero-order chi connectivity index (χ0) is 18.6. The third-order valence-corrected chi connectivity index (χ3v) is 4.90. The molecule has 2 aromatic rings. The Morgan fingerprint density at radius 2 is 1.48 bits per heavy atom. The molecule has 0 aliphatic carbocycles. The first kappa shape index (κ1) is 18.6. The molecule has 25 heavy (non-hydrogen) atoms. The summed E-state index contributed by atoms with van der Waals surface area (Å²) >= 11 is 0. The van der Waals surface area contributed by atoms with Crippen molar-refractivity contribution in [3.63, 3.8) is 0 Å².